The lowest BCUT2D eigenvalue weighted by atomic mass is 10.0. The van der Waals surface area contributed by atoms with Gasteiger partial charge < -0.3 is 14.4 Å². The van der Waals surface area contributed by atoms with Gasteiger partial charge in [-0.05, 0) is 24.3 Å². The number of para-hydroxylation sites is 1. The fourth-order valence-electron chi connectivity index (χ4n) is 4.91. The number of hydrogen-bond donors (Lipinski definition) is 0. The largest absolute Gasteiger partial charge is 0.491 e. The van der Waals surface area contributed by atoms with E-state index in [2.05, 4.69) is 12.0 Å². The number of amides is 1. The minimum atomic E-state index is -0.114. The maximum absolute atomic E-state index is 13.3. The maximum Gasteiger partial charge on any atom is 0.244 e. The summed E-state index contributed by atoms with van der Waals surface area (Å²) in [7, 11) is 0. The van der Waals surface area contributed by atoms with Crippen molar-refractivity contribution in [1.82, 2.24) is 14.7 Å². The normalized spacial score (nSPS) is 29.9. The first kappa shape index (κ1) is 17.7. The molecule has 3 atom stereocenters. The molecule has 0 radical (unpaired) electrons. The van der Waals surface area contributed by atoms with E-state index in [0.29, 0.717) is 37.3 Å². The van der Waals surface area contributed by atoms with Gasteiger partial charge in [0.25, 0.3) is 0 Å². The molecule has 3 heterocycles. The summed E-state index contributed by atoms with van der Waals surface area (Å²) in [6.07, 6.45) is 2.82. The molecule has 1 saturated heterocycles. The van der Waals surface area contributed by atoms with E-state index in [-0.39, 0.29) is 29.7 Å². The number of aromatic nitrogens is 2. The van der Waals surface area contributed by atoms with E-state index in [1.165, 1.54) is 6.92 Å². The van der Waals surface area contributed by atoms with E-state index in [4.69, 9.17) is 9.47 Å². The molecule has 28 heavy (non-hydrogen) atoms. The third-order valence-corrected chi connectivity index (χ3v) is 6.38. The van der Waals surface area contributed by atoms with Crippen LogP contribution in [0.4, 0.5) is 0 Å². The van der Waals surface area contributed by atoms with Crippen molar-refractivity contribution in [3.05, 3.63) is 23.9 Å². The predicted molar refractivity (Wildman–Crippen MR) is 102 cm³/mol. The van der Waals surface area contributed by atoms with Crippen LogP contribution < -0.4 is 4.74 Å². The topological polar surface area (TPSA) is 73.7 Å². The number of hydrogen-bond acceptors (Lipinski definition) is 5. The fourth-order valence-corrected chi connectivity index (χ4v) is 4.91. The number of piperidine rings is 1. The Morgan fingerprint density at radius 2 is 2.14 bits per heavy atom. The number of nitrogens with zero attached hydrogens (tertiary/aromatic N) is 3. The van der Waals surface area contributed by atoms with Crippen molar-refractivity contribution in [2.45, 2.75) is 51.7 Å². The first-order chi connectivity index (χ1) is 13.5. The molecule has 0 N–H and O–H groups in total. The van der Waals surface area contributed by atoms with Crippen LogP contribution in [0.25, 0.3) is 10.9 Å². The van der Waals surface area contributed by atoms with Gasteiger partial charge in [0, 0.05) is 31.4 Å². The van der Waals surface area contributed by atoms with Crippen LogP contribution >= 0.6 is 0 Å². The van der Waals surface area contributed by atoms with Crippen molar-refractivity contribution >= 4 is 22.6 Å². The smallest absolute Gasteiger partial charge is 0.244 e. The lowest BCUT2D eigenvalue weighted by Crippen LogP contribution is -2.43. The molecule has 3 aliphatic rings. The first-order valence-corrected chi connectivity index (χ1v) is 10.00. The highest BCUT2D eigenvalue weighted by molar-refractivity contribution is 6.06. The van der Waals surface area contributed by atoms with Gasteiger partial charge in [-0.1, -0.05) is 19.1 Å². The predicted octanol–water partition coefficient (Wildman–Crippen LogP) is 2.42. The van der Waals surface area contributed by atoms with Gasteiger partial charge in [0.1, 0.15) is 23.5 Å². The monoisotopic (exact) mass is 383 g/mol. The molecule has 1 aromatic heterocycles. The van der Waals surface area contributed by atoms with Gasteiger partial charge in [-0.2, -0.15) is 5.10 Å². The van der Waals surface area contributed by atoms with Crippen LogP contribution in [0.1, 0.15) is 43.6 Å². The second kappa shape index (κ2) is 6.30. The molecular weight excluding hydrogens is 358 g/mol. The number of benzene rings is 1. The third kappa shape index (κ3) is 2.71. The van der Waals surface area contributed by atoms with Gasteiger partial charge in [0.2, 0.25) is 5.91 Å². The van der Waals surface area contributed by atoms with Crippen molar-refractivity contribution in [3.63, 3.8) is 0 Å². The molecule has 7 heteroatoms. The van der Waals surface area contributed by atoms with Crippen molar-refractivity contribution in [2.24, 2.45) is 5.41 Å². The van der Waals surface area contributed by atoms with E-state index >= 15 is 0 Å². The number of Topliss-reactive ketones (excluding diaryl/α,β-unsaturated/α-hetero) is 1. The zero-order valence-corrected chi connectivity index (χ0v) is 16.3. The van der Waals surface area contributed by atoms with Crippen molar-refractivity contribution in [1.29, 1.82) is 0 Å². The number of ether oxygens (including phenoxy) is 2. The minimum absolute atomic E-state index is 0.0355. The van der Waals surface area contributed by atoms with Gasteiger partial charge in [0.05, 0.1) is 19.3 Å². The van der Waals surface area contributed by atoms with Gasteiger partial charge in [0.15, 0.2) is 5.78 Å². The van der Waals surface area contributed by atoms with E-state index in [9.17, 15) is 9.59 Å². The van der Waals surface area contributed by atoms with Crippen LogP contribution in [0, 0.1) is 5.41 Å². The van der Waals surface area contributed by atoms with Crippen LogP contribution in [-0.4, -0.2) is 58.3 Å². The molecule has 7 nitrogen and oxygen atoms in total. The Hall–Kier alpha value is -2.41. The van der Waals surface area contributed by atoms with Crippen LogP contribution in [-0.2, 0) is 16.1 Å². The van der Waals surface area contributed by atoms with Crippen molar-refractivity contribution < 1.29 is 19.1 Å². The maximum atomic E-state index is 13.3. The summed E-state index contributed by atoms with van der Waals surface area (Å²) in [6, 6.07) is 6.00. The fraction of sp³-hybridized carbons (Fsp3) is 0.571. The second-order valence-electron chi connectivity index (χ2n) is 8.52. The molecule has 5 rings (SSSR count). The summed E-state index contributed by atoms with van der Waals surface area (Å²) in [5, 5.41) is 5.23. The summed E-state index contributed by atoms with van der Waals surface area (Å²) in [6.45, 7) is 5.55. The summed E-state index contributed by atoms with van der Waals surface area (Å²) >= 11 is 0. The van der Waals surface area contributed by atoms with Crippen molar-refractivity contribution in [3.8, 4) is 5.75 Å². The highest BCUT2D eigenvalue weighted by Gasteiger charge is 2.62. The lowest BCUT2D eigenvalue weighted by Gasteiger charge is -2.27. The van der Waals surface area contributed by atoms with Gasteiger partial charge >= 0.3 is 0 Å². The van der Waals surface area contributed by atoms with Gasteiger partial charge in [-0.3, -0.25) is 14.3 Å². The zero-order chi connectivity index (χ0) is 19.5. The number of fused-ring (bicyclic) bond motifs is 3. The number of ketones is 1. The van der Waals surface area contributed by atoms with E-state index in [1.807, 2.05) is 23.1 Å². The SMILES string of the molecule is CC(=O)c1nn2c3c(cccc13)OCCCOCC1C[C@@]3(C)C[C@H]3N1C(=O)C2. The lowest BCUT2D eigenvalue weighted by molar-refractivity contribution is -0.135. The number of rotatable bonds is 1. The molecule has 1 saturated carbocycles. The highest BCUT2D eigenvalue weighted by Crippen LogP contribution is 2.59. The van der Waals surface area contributed by atoms with Crippen LogP contribution in [0.15, 0.2) is 18.2 Å². The quantitative estimate of drug-likeness (QED) is 0.707. The van der Waals surface area contributed by atoms with Crippen LogP contribution in [0.5, 0.6) is 5.75 Å². The molecule has 2 aromatic rings. The van der Waals surface area contributed by atoms with Crippen LogP contribution in [0.3, 0.4) is 0 Å². The highest BCUT2D eigenvalue weighted by atomic mass is 16.5. The van der Waals surface area contributed by atoms with Crippen LogP contribution in [0.2, 0.25) is 0 Å². The summed E-state index contributed by atoms with van der Waals surface area (Å²) in [5.74, 6) is 0.573. The molecule has 2 aliphatic heterocycles. The molecule has 1 aromatic carbocycles. The summed E-state index contributed by atoms with van der Waals surface area (Å²) in [5.41, 5.74) is 1.33. The average Bonchev–Trinajstić information content (AvgIpc) is 3.03. The Balaban J connectivity index is 1.58. The molecule has 1 unspecified atom stereocenters. The second-order valence-corrected chi connectivity index (χ2v) is 8.52. The van der Waals surface area contributed by atoms with E-state index in [1.54, 1.807) is 4.68 Å². The third-order valence-electron chi connectivity index (χ3n) is 6.38. The Kier molecular flexibility index (Phi) is 3.98. The molecule has 0 spiro atoms. The van der Waals surface area contributed by atoms with Gasteiger partial charge in [-0.15, -0.1) is 0 Å². The summed E-state index contributed by atoms with van der Waals surface area (Å²) in [4.78, 5) is 27.4. The van der Waals surface area contributed by atoms with Crippen molar-refractivity contribution in [2.75, 3.05) is 19.8 Å². The number of carbonyl (C=O) groups excluding carboxylic acids is 2. The minimum Gasteiger partial charge on any atom is -0.491 e. The Bertz CT molecular complexity index is 968. The van der Waals surface area contributed by atoms with E-state index < -0.39 is 0 Å². The zero-order valence-electron chi connectivity index (χ0n) is 16.3. The first-order valence-electron chi connectivity index (χ1n) is 10.00. The van der Waals surface area contributed by atoms with E-state index in [0.717, 1.165) is 30.2 Å². The molecule has 0 bridgehead atoms. The summed E-state index contributed by atoms with van der Waals surface area (Å²) < 4.78 is 13.5. The number of carbonyl (C=O) groups is 2. The molecular formula is C21H25N3O4. The Labute approximate surface area is 163 Å². The molecule has 148 valence electrons. The molecule has 2 fully saturated rings. The average molecular weight is 383 g/mol. The standard InChI is InChI=1S/C21H25N3O4/c1-13(25)19-15-5-3-6-16-20(15)23(22-19)11-18(26)24-14(9-21(2)10-17(21)24)12-27-7-4-8-28-16/h3,5-6,14,17H,4,7-12H2,1-2H3/t14?,17-,21+/m1/s1. The molecule has 1 amide bonds. The Morgan fingerprint density at radius 1 is 1.29 bits per heavy atom. The molecule has 1 aliphatic carbocycles. The van der Waals surface area contributed by atoms with Gasteiger partial charge in [-0.25, -0.2) is 0 Å². The Morgan fingerprint density at radius 3 is 2.96 bits per heavy atom.